The number of rotatable bonds is 4. The molecule has 0 spiro atoms. The lowest BCUT2D eigenvalue weighted by molar-refractivity contribution is -0.133. The molecule has 1 aliphatic heterocycles. The number of nitrogens with zero attached hydrogens (tertiary/aromatic N) is 4. The van der Waals surface area contributed by atoms with Gasteiger partial charge in [0.25, 0.3) is 10.0 Å². The van der Waals surface area contributed by atoms with E-state index in [0.29, 0.717) is 11.3 Å². The van der Waals surface area contributed by atoms with Crippen molar-refractivity contribution in [2.45, 2.75) is 24.0 Å². The predicted octanol–water partition coefficient (Wildman–Crippen LogP) is 2.41. The fourth-order valence-corrected chi connectivity index (χ4v) is 5.55. The lowest BCUT2D eigenvalue weighted by Crippen LogP contribution is -2.35. The number of carbonyl (C=O) groups excluding carboxylic acids is 1. The van der Waals surface area contributed by atoms with E-state index < -0.39 is 27.8 Å². The second kappa shape index (κ2) is 7.22. The van der Waals surface area contributed by atoms with Crippen LogP contribution >= 0.6 is 11.3 Å². The van der Waals surface area contributed by atoms with Crippen molar-refractivity contribution in [3.63, 3.8) is 0 Å². The topological polar surface area (TPSA) is 111 Å². The van der Waals surface area contributed by atoms with Crippen LogP contribution in [0.3, 0.4) is 0 Å². The molecule has 0 fully saturated rings. The fourth-order valence-electron chi connectivity index (χ4n) is 3.57. The number of aromatic nitrogens is 3. The Balaban J connectivity index is 1.37. The third-order valence-corrected chi connectivity index (χ3v) is 7.54. The van der Waals surface area contributed by atoms with Gasteiger partial charge in [0.15, 0.2) is 0 Å². The van der Waals surface area contributed by atoms with Crippen LogP contribution in [0.15, 0.2) is 59.1 Å². The van der Waals surface area contributed by atoms with Gasteiger partial charge in [-0.1, -0.05) is 18.2 Å². The maximum absolute atomic E-state index is 14.0. The SMILES string of the molecule is N[C@H](C(=O)N1Cc2cn(S(=O)(=O)c3ccc4ncsc4c3)nc2C1)c1ccccc1F. The quantitative estimate of drug-likeness (QED) is 0.504. The zero-order chi connectivity index (χ0) is 21.8. The van der Waals surface area contributed by atoms with Crippen LogP contribution in [0, 0.1) is 5.82 Å². The van der Waals surface area contributed by atoms with Gasteiger partial charge in [0.1, 0.15) is 11.9 Å². The monoisotopic (exact) mass is 457 g/mol. The molecule has 11 heteroatoms. The zero-order valence-corrected chi connectivity index (χ0v) is 17.6. The van der Waals surface area contributed by atoms with Crippen molar-refractivity contribution in [3.05, 3.63) is 76.8 Å². The number of halogens is 1. The third kappa shape index (κ3) is 3.30. The molecule has 0 saturated heterocycles. The molecule has 2 N–H and O–H groups in total. The van der Waals surface area contributed by atoms with Crippen LogP contribution in [0.4, 0.5) is 4.39 Å². The molecule has 158 valence electrons. The smallest absolute Gasteiger partial charge is 0.283 e. The van der Waals surface area contributed by atoms with Gasteiger partial charge in [0, 0.05) is 23.9 Å². The van der Waals surface area contributed by atoms with Gasteiger partial charge < -0.3 is 10.6 Å². The van der Waals surface area contributed by atoms with Gasteiger partial charge >= 0.3 is 0 Å². The summed E-state index contributed by atoms with van der Waals surface area (Å²) in [4.78, 5) is 18.4. The van der Waals surface area contributed by atoms with Gasteiger partial charge in [-0.15, -0.1) is 11.3 Å². The van der Waals surface area contributed by atoms with Gasteiger partial charge in [0.2, 0.25) is 5.91 Å². The maximum Gasteiger partial charge on any atom is 0.283 e. The Morgan fingerprint density at radius 3 is 2.77 bits per heavy atom. The largest absolute Gasteiger partial charge is 0.331 e. The Bertz CT molecular complexity index is 1410. The van der Waals surface area contributed by atoms with Crippen LogP contribution in [0.25, 0.3) is 10.2 Å². The normalized spacial score (nSPS) is 14.7. The number of thiazole rings is 1. The summed E-state index contributed by atoms with van der Waals surface area (Å²) < 4.78 is 41.7. The van der Waals surface area contributed by atoms with E-state index in [1.54, 1.807) is 23.7 Å². The number of fused-ring (bicyclic) bond motifs is 2. The van der Waals surface area contributed by atoms with Crippen LogP contribution < -0.4 is 5.73 Å². The minimum atomic E-state index is -3.88. The van der Waals surface area contributed by atoms with Crippen molar-refractivity contribution >= 4 is 37.5 Å². The first-order valence-corrected chi connectivity index (χ1v) is 11.6. The van der Waals surface area contributed by atoms with Gasteiger partial charge in [-0.05, 0) is 24.3 Å². The molecule has 1 atom stereocenters. The molecule has 5 rings (SSSR count). The van der Waals surface area contributed by atoms with E-state index in [-0.39, 0.29) is 23.5 Å². The molecule has 0 aliphatic carbocycles. The van der Waals surface area contributed by atoms with Crippen LogP contribution in [-0.4, -0.2) is 33.4 Å². The average molecular weight is 458 g/mol. The summed E-state index contributed by atoms with van der Waals surface area (Å²) in [5.41, 5.74) is 9.55. The second-order valence-corrected chi connectivity index (χ2v) is 9.84. The third-order valence-electron chi connectivity index (χ3n) is 5.22. The van der Waals surface area contributed by atoms with Crippen LogP contribution in [-0.2, 0) is 27.9 Å². The van der Waals surface area contributed by atoms with Gasteiger partial charge in [-0.25, -0.2) is 9.37 Å². The van der Waals surface area contributed by atoms with E-state index in [1.165, 1.54) is 46.7 Å². The molecule has 2 aromatic heterocycles. The van der Waals surface area contributed by atoms with Gasteiger partial charge in [-0.3, -0.25) is 4.79 Å². The second-order valence-electron chi connectivity index (χ2n) is 7.15. The molecule has 4 aromatic rings. The van der Waals surface area contributed by atoms with Crippen molar-refractivity contribution in [3.8, 4) is 0 Å². The summed E-state index contributed by atoms with van der Waals surface area (Å²) in [5.74, 6) is -0.998. The fraction of sp³-hybridized carbons (Fsp3) is 0.150. The molecule has 0 saturated carbocycles. The van der Waals surface area contributed by atoms with Crippen molar-refractivity contribution in [2.75, 3.05) is 0 Å². The highest BCUT2D eigenvalue weighted by Gasteiger charge is 2.32. The molecule has 8 nitrogen and oxygen atoms in total. The summed E-state index contributed by atoms with van der Waals surface area (Å²) in [6.07, 6.45) is 1.41. The first-order valence-electron chi connectivity index (χ1n) is 9.29. The average Bonchev–Trinajstić information content (AvgIpc) is 3.47. The summed E-state index contributed by atoms with van der Waals surface area (Å²) in [6, 6.07) is 9.43. The number of benzene rings is 2. The first kappa shape index (κ1) is 19.8. The Hall–Kier alpha value is -3.15. The molecule has 1 aliphatic rings. The van der Waals surface area contributed by atoms with Crippen molar-refractivity contribution < 1.29 is 17.6 Å². The highest BCUT2D eigenvalue weighted by Crippen LogP contribution is 2.28. The number of nitrogens with two attached hydrogens (primary N) is 1. The lowest BCUT2D eigenvalue weighted by Gasteiger charge is -2.21. The Kier molecular flexibility index (Phi) is 4.61. The summed E-state index contributed by atoms with van der Waals surface area (Å²) in [5, 5.41) is 4.20. The molecule has 1 amide bonds. The number of carbonyl (C=O) groups is 1. The van der Waals surface area contributed by atoms with E-state index in [0.717, 1.165) is 14.3 Å². The highest BCUT2D eigenvalue weighted by atomic mass is 32.2. The minimum Gasteiger partial charge on any atom is -0.331 e. The maximum atomic E-state index is 14.0. The number of amides is 1. The molecule has 31 heavy (non-hydrogen) atoms. The predicted molar refractivity (Wildman–Crippen MR) is 112 cm³/mol. The number of hydrogen-bond donors (Lipinski definition) is 1. The Labute approximate surface area is 180 Å². The first-order chi connectivity index (χ1) is 14.8. The van der Waals surface area contributed by atoms with E-state index in [1.807, 2.05) is 0 Å². The molecule has 0 radical (unpaired) electrons. The summed E-state index contributed by atoms with van der Waals surface area (Å²) in [6.45, 7) is 0.256. The Morgan fingerprint density at radius 1 is 1.19 bits per heavy atom. The summed E-state index contributed by atoms with van der Waals surface area (Å²) in [7, 11) is -3.88. The summed E-state index contributed by atoms with van der Waals surface area (Å²) >= 11 is 1.35. The molecule has 0 bridgehead atoms. The molecule has 0 unspecified atom stereocenters. The van der Waals surface area contributed by atoms with Crippen molar-refractivity contribution in [1.82, 2.24) is 19.1 Å². The van der Waals surface area contributed by atoms with Gasteiger partial charge in [-0.2, -0.15) is 17.6 Å². The van der Waals surface area contributed by atoms with E-state index in [4.69, 9.17) is 5.73 Å². The highest BCUT2D eigenvalue weighted by molar-refractivity contribution is 7.89. The lowest BCUT2D eigenvalue weighted by atomic mass is 10.1. The zero-order valence-electron chi connectivity index (χ0n) is 16.0. The number of hydrogen-bond acceptors (Lipinski definition) is 7. The van der Waals surface area contributed by atoms with E-state index >= 15 is 0 Å². The van der Waals surface area contributed by atoms with Crippen molar-refractivity contribution in [1.29, 1.82) is 0 Å². The van der Waals surface area contributed by atoms with Crippen LogP contribution in [0.2, 0.25) is 0 Å². The minimum absolute atomic E-state index is 0.104. The molecule has 3 heterocycles. The van der Waals surface area contributed by atoms with E-state index in [2.05, 4.69) is 10.1 Å². The molecule has 2 aromatic carbocycles. The van der Waals surface area contributed by atoms with E-state index in [9.17, 15) is 17.6 Å². The van der Waals surface area contributed by atoms with Crippen LogP contribution in [0.1, 0.15) is 22.9 Å². The van der Waals surface area contributed by atoms with Gasteiger partial charge in [0.05, 0.1) is 32.9 Å². The van der Waals surface area contributed by atoms with Crippen LogP contribution in [0.5, 0.6) is 0 Å². The van der Waals surface area contributed by atoms with Crippen molar-refractivity contribution in [2.24, 2.45) is 5.73 Å². The molecular formula is C20H16FN5O3S2. The standard InChI is InChI=1S/C20H16FN5O3S2/c21-15-4-2-1-3-14(15)19(22)20(27)25-8-12-9-26(24-17(12)10-25)31(28,29)13-5-6-16-18(7-13)30-11-23-16/h1-7,9,11,19H,8,10,22H2/t19-/m0/s1. The molecular weight excluding hydrogens is 441 g/mol. The Morgan fingerprint density at radius 2 is 2.00 bits per heavy atom.